The number of halogens is 1. The summed E-state index contributed by atoms with van der Waals surface area (Å²) >= 11 is 1.74. The van der Waals surface area contributed by atoms with Crippen molar-refractivity contribution in [1.29, 1.82) is 0 Å². The average molecular weight is 248 g/mol. The third-order valence-corrected chi connectivity index (χ3v) is 3.95. The first-order valence-corrected chi connectivity index (χ1v) is 6.06. The molecule has 0 bridgehead atoms. The third kappa shape index (κ3) is 2.69. The van der Waals surface area contributed by atoms with Crippen molar-refractivity contribution in [3.05, 3.63) is 16.6 Å². The third-order valence-electron chi connectivity index (χ3n) is 3.00. The summed E-state index contributed by atoms with van der Waals surface area (Å²) in [5.74, 6) is 0. The van der Waals surface area contributed by atoms with Gasteiger partial charge in [-0.1, -0.05) is 0 Å². The fourth-order valence-corrected chi connectivity index (χ4v) is 2.92. The van der Waals surface area contributed by atoms with E-state index >= 15 is 0 Å². The minimum atomic E-state index is 0. The number of hydrogen-bond donors (Lipinski definition) is 1. The van der Waals surface area contributed by atoms with E-state index in [1.54, 1.807) is 11.3 Å². The number of thiazole rings is 1. The second kappa shape index (κ2) is 5.80. The van der Waals surface area contributed by atoms with Crippen LogP contribution in [0, 0.1) is 0 Å². The van der Waals surface area contributed by atoms with Crippen LogP contribution in [-0.2, 0) is 0 Å². The summed E-state index contributed by atoms with van der Waals surface area (Å²) in [6.45, 7) is 4.17. The molecule has 1 aromatic heterocycles. The Morgan fingerprint density at radius 1 is 1.73 bits per heavy atom. The van der Waals surface area contributed by atoms with E-state index < -0.39 is 0 Å². The molecule has 0 aromatic carbocycles. The van der Waals surface area contributed by atoms with Crippen molar-refractivity contribution in [2.45, 2.75) is 31.8 Å². The lowest BCUT2D eigenvalue weighted by Crippen LogP contribution is -2.37. The van der Waals surface area contributed by atoms with Gasteiger partial charge >= 0.3 is 0 Å². The Hall–Kier alpha value is -0.160. The Kier molecular flexibility index (Phi) is 4.99. The highest BCUT2D eigenvalue weighted by atomic mass is 35.5. The lowest BCUT2D eigenvalue weighted by molar-refractivity contribution is 0.196. The maximum atomic E-state index is 5.76. The first kappa shape index (κ1) is 12.9. The molecule has 0 radical (unpaired) electrons. The molecule has 1 aromatic rings. The van der Waals surface area contributed by atoms with Crippen molar-refractivity contribution >= 4 is 23.7 Å². The first-order chi connectivity index (χ1) is 6.83. The highest BCUT2D eigenvalue weighted by molar-refractivity contribution is 7.09. The molecule has 0 aliphatic carbocycles. The van der Waals surface area contributed by atoms with Gasteiger partial charge in [-0.25, -0.2) is 4.98 Å². The van der Waals surface area contributed by atoms with Crippen LogP contribution in [0.1, 0.15) is 30.8 Å². The van der Waals surface area contributed by atoms with Crippen molar-refractivity contribution in [3.8, 4) is 0 Å². The summed E-state index contributed by atoms with van der Waals surface area (Å²) in [4.78, 5) is 6.85. The smallest absolute Gasteiger partial charge is 0.109 e. The van der Waals surface area contributed by atoms with Crippen LogP contribution in [0.25, 0.3) is 0 Å². The second-order valence-electron chi connectivity index (χ2n) is 3.82. The van der Waals surface area contributed by atoms with Crippen LogP contribution in [0.3, 0.4) is 0 Å². The maximum absolute atomic E-state index is 5.76. The van der Waals surface area contributed by atoms with E-state index in [1.807, 2.05) is 11.6 Å². The van der Waals surface area contributed by atoms with Crippen molar-refractivity contribution in [2.75, 3.05) is 13.1 Å². The molecule has 2 atom stereocenters. The standard InChI is InChI=1S/C10H17N3S.ClH/c1-8(10-12-4-6-14-10)13-5-2-3-9(13)7-11;/h4,6,8-9H,2-3,5,7,11H2,1H3;1H. The lowest BCUT2D eigenvalue weighted by Gasteiger charge is -2.28. The van der Waals surface area contributed by atoms with Gasteiger partial charge < -0.3 is 5.73 Å². The molecule has 0 saturated carbocycles. The van der Waals surface area contributed by atoms with Gasteiger partial charge in [0.25, 0.3) is 0 Å². The Morgan fingerprint density at radius 3 is 3.13 bits per heavy atom. The zero-order valence-corrected chi connectivity index (χ0v) is 10.6. The molecule has 0 spiro atoms. The number of aromatic nitrogens is 1. The minimum Gasteiger partial charge on any atom is -0.329 e. The molecule has 3 nitrogen and oxygen atoms in total. The van der Waals surface area contributed by atoms with Gasteiger partial charge in [-0.15, -0.1) is 23.7 Å². The van der Waals surface area contributed by atoms with Gasteiger partial charge in [0.05, 0.1) is 6.04 Å². The highest BCUT2D eigenvalue weighted by Gasteiger charge is 2.28. The van der Waals surface area contributed by atoms with E-state index in [4.69, 9.17) is 5.73 Å². The van der Waals surface area contributed by atoms with Crippen LogP contribution in [0.4, 0.5) is 0 Å². The quantitative estimate of drug-likeness (QED) is 0.889. The topological polar surface area (TPSA) is 42.2 Å². The molecular weight excluding hydrogens is 230 g/mol. The van der Waals surface area contributed by atoms with Crippen LogP contribution in [0.5, 0.6) is 0 Å². The number of nitrogens with zero attached hydrogens (tertiary/aromatic N) is 2. The molecule has 2 rings (SSSR count). The monoisotopic (exact) mass is 247 g/mol. The summed E-state index contributed by atoms with van der Waals surface area (Å²) in [6, 6.07) is 1.000. The second-order valence-corrected chi connectivity index (χ2v) is 4.74. The van der Waals surface area contributed by atoms with Gasteiger partial charge in [0.15, 0.2) is 0 Å². The molecule has 2 heterocycles. The van der Waals surface area contributed by atoms with E-state index in [1.165, 1.54) is 24.4 Å². The Bertz CT molecular complexity index is 278. The van der Waals surface area contributed by atoms with Gasteiger partial charge in [0.1, 0.15) is 5.01 Å². The van der Waals surface area contributed by atoms with Crippen molar-refractivity contribution in [3.63, 3.8) is 0 Å². The first-order valence-electron chi connectivity index (χ1n) is 5.18. The maximum Gasteiger partial charge on any atom is 0.109 e. The summed E-state index contributed by atoms with van der Waals surface area (Å²) in [5.41, 5.74) is 5.76. The number of rotatable bonds is 3. The van der Waals surface area contributed by atoms with Crippen molar-refractivity contribution < 1.29 is 0 Å². The molecule has 5 heteroatoms. The van der Waals surface area contributed by atoms with Crippen LogP contribution < -0.4 is 5.73 Å². The minimum absolute atomic E-state index is 0. The fourth-order valence-electron chi connectivity index (χ4n) is 2.20. The van der Waals surface area contributed by atoms with Gasteiger partial charge in [0.2, 0.25) is 0 Å². The lowest BCUT2D eigenvalue weighted by atomic mass is 10.2. The molecule has 15 heavy (non-hydrogen) atoms. The molecule has 1 aliphatic heterocycles. The van der Waals surface area contributed by atoms with E-state index in [0.717, 1.165) is 6.54 Å². The number of hydrogen-bond acceptors (Lipinski definition) is 4. The van der Waals surface area contributed by atoms with Crippen LogP contribution >= 0.6 is 23.7 Å². The van der Waals surface area contributed by atoms with Crippen LogP contribution in [0.15, 0.2) is 11.6 Å². The summed E-state index contributed by atoms with van der Waals surface area (Å²) in [6.07, 6.45) is 4.40. The summed E-state index contributed by atoms with van der Waals surface area (Å²) in [5, 5.41) is 3.25. The molecule has 0 amide bonds. The zero-order chi connectivity index (χ0) is 9.97. The zero-order valence-electron chi connectivity index (χ0n) is 8.93. The number of nitrogens with two attached hydrogens (primary N) is 1. The SMILES string of the molecule is CC(c1nccs1)N1CCCC1CN.Cl. The van der Waals surface area contributed by atoms with Gasteiger partial charge in [0, 0.05) is 24.2 Å². The molecule has 1 fully saturated rings. The predicted octanol–water partition coefficient (Wildman–Crippen LogP) is 2.05. The molecule has 1 aliphatic rings. The molecule has 2 unspecified atom stereocenters. The summed E-state index contributed by atoms with van der Waals surface area (Å²) in [7, 11) is 0. The fraction of sp³-hybridized carbons (Fsp3) is 0.700. The largest absolute Gasteiger partial charge is 0.329 e. The van der Waals surface area contributed by atoms with Gasteiger partial charge in [-0.3, -0.25) is 4.90 Å². The molecule has 1 saturated heterocycles. The van der Waals surface area contributed by atoms with Crippen LogP contribution in [-0.4, -0.2) is 29.0 Å². The number of likely N-dealkylation sites (tertiary alicyclic amines) is 1. The average Bonchev–Trinajstić information content (AvgIpc) is 2.87. The van der Waals surface area contributed by atoms with E-state index in [0.29, 0.717) is 12.1 Å². The molecule has 2 N–H and O–H groups in total. The normalized spacial score (nSPS) is 23.7. The van der Waals surface area contributed by atoms with E-state index in [2.05, 4.69) is 16.8 Å². The van der Waals surface area contributed by atoms with E-state index in [-0.39, 0.29) is 12.4 Å². The van der Waals surface area contributed by atoms with Gasteiger partial charge in [-0.2, -0.15) is 0 Å². The van der Waals surface area contributed by atoms with Gasteiger partial charge in [-0.05, 0) is 26.3 Å². The molecule has 86 valence electrons. The Balaban J connectivity index is 0.00000112. The predicted molar refractivity (Wildman–Crippen MR) is 66.6 cm³/mol. The Labute approximate surface area is 101 Å². The van der Waals surface area contributed by atoms with E-state index in [9.17, 15) is 0 Å². The summed E-state index contributed by atoms with van der Waals surface area (Å²) < 4.78 is 0. The van der Waals surface area contributed by atoms with Crippen molar-refractivity contribution in [2.24, 2.45) is 5.73 Å². The van der Waals surface area contributed by atoms with Crippen molar-refractivity contribution in [1.82, 2.24) is 9.88 Å². The highest BCUT2D eigenvalue weighted by Crippen LogP contribution is 2.29. The Morgan fingerprint density at radius 2 is 2.53 bits per heavy atom. The molecular formula is C10H18ClN3S. The van der Waals surface area contributed by atoms with Crippen LogP contribution in [0.2, 0.25) is 0 Å².